The third-order valence-corrected chi connectivity index (χ3v) is 4.91. The van der Waals surface area contributed by atoms with Gasteiger partial charge in [-0.15, -0.1) is 10.2 Å². The molecule has 0 bridgehead atoms. The van der Waals surface area contributed by atoms with Crippen LogP contribution in [0.25, 0.3) is 22.7 Å². The van der Waals surface area contributed by atoms with Crippen LogP contribution in [-0.2, 0) is 17.8 Å². The van der Waals surface area contributed by atoms with E-state index in [2.05, 4.69) is 27.5 Å². The molecule has 0 saturated carbocycles. The summed E-state index contributed by atoms with van der Waals surface area (Å²) < 4.78 is 11.9. The third kappa shape index (κ3) is 5.70. The van der Waals surface area contributed by atoms with E-state index >= 15 is 0 Å². The average Bonchev–Trinajstić information content (AvgIpc) is 3.39. The van der Waals surface area contributed by atoms with Gasteiger partial charge in [-0.1, -0.05) is 31.2 Å². The van der Waals surface area contributed by atoms with Gasteiger partial charge in [0.05, 0.1) is 18.5 Å². The summed E-state index contributed by atoms with van der Waals surface area (Å²) in [5.41, 5.74) is 2.98. The van der Waals surface area contributed by atoms with E-state index in [1.54, 1.807) is 36.6 Å². The number of aryl methyl sites for hydroxylation is 1. The van der Waals surface area contributed by atoms with Gasteiger partial charge in [-0.2, -0.15) is 5.10 Å². The van der Waals surface area contributed by atoms with Gasteiger partial charge in [0.2, 0.25) is 11.8 Å². The van der Waals surface area contributed by atoms with Crippen molar-refractivity contribution in [2.45, 2.75) is 19.9 Å². The van der Waals surface area contributed by atoms with Crippen LogP contribution in [0.1, 0.15) is 12.5 Å². The molecule has 33 heavy (non-hydrogen) atoms. The van der Waals surface area contributed by atoms with Crippen LogP contribution in [0.2, 0.25) is 0 Å². The molecule has 0 spiro atoms. The Morgan fingerprint density at radius 3 is 2.55 bits per heavy atom. The van der Waals surface area contributed by atoms with Crippen LogP contribution in [0.3, 0.4) is 0 Å². The van der Waals surface area contributed by atoms with Gasteiger partial charge in [0.1, 0.15) is 18.8 Å². The zero-order valence-corrected chi connectivity index (χ0v) is 18.1. The molecule has 0 unspecified atom stereocenters. The molecule has 1 N–H and O–H groups in total. The van der Waals surface area contributed by atoms with Crippen molar-refractivity contribution in [1.82, 2.24) is 25.3 Å². The van der Waals surface area contributed by atoms with Crippen LogP contribution in [0.5, 0.6) is 5.88 Å². The number of nitrogens with one attached hydrogen (secondary N) is 1. The quantitative estimate of drug-likeness (QED) is 0.394. The van der Waals surface area contributed by atoms with Crippen molar-refractivity contribution in [1.29, 1.82) is 0 Å². The van der Waals surface area contributed by atoms with Gasteiger partial charge in [0.25, 0.3) is 5.56 Å². The number of benzene rings is 1. The lowest BCUT2D eigenvalue weighted by Crippen LogP contribution is -2.35. The number of hydrogen-bond acceptors (Lipinski definition) is 7. The van der Waals surface area contributed by atoms with Crippen LogP contribution in [0, 0.1) is 0 Å². The highest BCUT2D eigenvalue weighted by molar-refractivity contribution is 5.75. The Balaban J connectivity index is 1.27. The van der Waals surface area contributed by atoms with Gasteiger partial charge in [-0.3, -0.25) is 9.59 Å². The SMILES string of the molecule is CCc1ccc(-c2ccc(=O)n(CC(=O)NCCOc3ccc(-c4ccco4)nn3)n2)cc1. The Kier molecular flexibility index (Phi) is 6.89. The molecule has 0 aliphatic rings. The van der Waals surface area contributed by atoms with Crippen LogP contribution in [0.15, 0.2) is 76.1 Å². The molecule has 0 aliphatic carbocycles. The van der Waals surface area contributed by atoms with Crippen molar-refractivity contribution in [2.24, 2.45) is 0 Å². The molecule has 0 saturated heterocycles. The summed E-state index contributed by atoms with van der Waals surface area (Å²) in [6.45, 7) is 2.35. The summed E-state index contributed by atoms with van der Waals surface area (Å²) in [4.78, 5) is 24.4. The molecule has 1 aromatic carbocycles. The van der Waals surface area contributed by atoms with E-state index in [1.807, 2.05) is 24.3 Å². The van der Waals surface area contributed by atoms with Crippen LogP contribution >= 0.6 is 0 Å². The minimum Gasteiger partial charge on any atom is -0.475 e. The highest BCUT2D eigenvalue weighted by Gasteiger charge is 2.09. The standard InChI is InChI=1S/C24H23N5O4/c1-2-17-5-7-18(8-6-17)19-10-12-24(31)29(28-19)16-22(30)25-13-15-33-23-11-9-20(26-27-23)21-4-3-14-32-21/h3-12,14H,2,13,15-16H2,1H3,(H,25,30). The number of carbonyl (C=O) groups excluding carboxylic acids is 1. The van der Waals surface area contributed by atoms with Crippen LogP contribution in [0.4, 0.5) is 0 Å². The van der Waals surface area contributed by atoms with E-state index in [0.717, 1.165) is 16.7 Å². The summed E-state index contributed by atoms with van der Waals surface area (Å²) in [5, 5.41) is 15.1. The van der Waals surface area contributed by atoms with Crippen molar-refractivity contribution in [3.63, 3.8) is 0 Å². The van der Waals surface area contributed by atoms with E-state index in [4.69, 9.17) is 9.15 Å². The minimum absolute atomic E-state index is 0.183. The normalized spacial score (nSPS) is 10.7. The Morgan fingerprint density at radius 1 is 1.03 bits per heavy atom. The van der Waals surface area contributed by atoms with Gasteiger partial charge in [-0.25, -0.2) is 4.68 Å². The molecule has 0 radical (unpaired) electrons. The topological polar surface area (TPSA) is 112 Å². The van der Waals surface area contributed by atoms with E-state index in [-0.39, 0.29) is 31.2 Å². The molecule has 4 aromatic rings. The molecule has 4 rings (SSSR count). The predicted molar refractivity (Wildman–Crippen MR) is 122 cm³/mol. The molecule has 9 heteroatoms. The smallest absolute Gasteiger partial charge is 0.267 e. The van der Waals surface area contributed by atoms with Crippen LogP contribution < -0.4 is 15.6 Å². The molecule has 168 valence electrons. The molecular formula is C24H23N5O4. The highest BCUT2D eigenvalue weighted by Crippen LogP contribution is 2.18. The first-order chi connectivity index (χ1) is 16.1. The number of carbonyl (C=O) groups is 1. The number of furan rings is 1. The summed E-state index contributed by atoms with van der Waals surface area (Å²) >= 11 is 0. The summed E-state index contributed by atoms with van der Waals surface area (Å²) in [7, 11) is 0. The zero-order valence-electron chi connectivity index (χ0n) is 18.1. The predicted octanol–water partition coefficient (Wildman–Crippen LogP) is 2.72. The number of rotatable bonds is 9. The van der Waals surface area contributed by atoms with E-state index in [0.29, 0.717) is 23.0 Å². The zero-order chi connectivity index (χ0) is 23.0. The molecule has 0 fully saturated rings. The van der Waals surface area contributed by atoms with Crippen molar-refractivity contribution in [2.75, 3.05) is 13.2 Å². The fourth-order valence-corrected chi connectivity index (χ4v) is 3.12. The van der Waals surface area contributed by atoms with Gasteiger partial charge < -0.3 is 14.5 Å². The second-order valence-electron chi connectivity index (χ2n) is 7.20. The maximum Gasteiger partial charge on any atom is 0.267 e. The Labute approximate surface area is 190 Å². The lowest BCUT2D eigenvalue weighted by molar-refractivity contribution is -0.122. The minimum atomic E-state index is -0.345. The monoisotopic (exact) mass is 445 g/mol. The third-order valence-electron chi connectivity index (χ3n) is 4.91. The molecule has 0 atom stereocenters. The number of aromatic nitrogens is 4. The summed E-state index contributed by atoms with van der Waals surface area (Å²) in [6.07, 6.45) is 2.51. The number of nitrogens with zero attached hydrogens (tertiary/aromatic N) is 4. The van der Waals surface area contributed by atoms with Gasteiger partial charge in [0.15, 0.2) is 5.76 Å². The lowest BCUT2D eigenvalue weighted by Gasteiger charge is -2.09. The van der Waals surface area contributed by atoms with Crippen molar-refractivity contribution < 1.29 is 13.9 Å². The summed E-state index contributed by atoms with van der Waals surface area (Å²) in [5.74, 6) is 0.609. The van der Waals surface area contributed by atoms with Gasteiger partial charge in [0, 0.05) is 17.7 Å². The lowest BCUT2D eigenvalue weighted by atomic mass is 10.1. The second kappa shape index (κ2) is 10.4. The first-order valence-electron chi connectivity index (χ1n) is 10.6. The summed E-state index contributed by atoms with van der Waals surface area (Å²) in [6, 6.07) is 18.0. The fourth-order valence-electron chi connectivity index (χ4n) is 3.12. The van der Waals surface area contributed by atoms with Crippen molar-refractivity contribution in [3.05, 3.63) is 82.8 Å². The first-order valence-corrected chi connectivity index (χ1v) is 10.6. The molecule has 3 heterocycles. The van der Waals surface area contributed by atoms with Crippen molar-refractivity contribution >= 4 is 5.91 Å². The van der Waals surface area contributed by atoms with E-state index < -0.39 is 0 Å². The second-order valence-corrected chi connectivity index (χ2v) is 7.20. The maximum absolute atomic E-state index is 12.3. The molecule has 3 aromatic heterocycles. The Bertz CT molecular complexity index is 1250. The van der Waals surface area contributed by atoms with Gasteiger partial charge in [-0.05, 0) is 36.2 Å². The van der Waals surface area contributed by atoms with E-state index in [9.17, 15) is 9.59 Å². The highest BCUT2D eigenvalue weighted by atomic mass is 16.5. The van der Waals surface area contributed by atoms with Crippen molar-refractivity contribution in [3.8, 4) is 28.6 Å². The molecular weight excluding hydrogens is 422 g/mol. The largest absolute Gasteiger partial charge is 0.475 e. The van der Waals surface area contributed by atoms with Crippen LogP contribution in [-0.4, -0.2) is 39.0 Å². The fraction of sp³-hybridized carbons (Fsp3) is 0.208. The average molecular weight is 445 g/mol. The van der Waals surface area contributed by atoms with E-state index in [1.165, 1.54) is 11.6 Å². The Morgan fingerprint density at radius 2 is 1.85 bits per heavy atom. The number of amides is 1. The number of ether oxygens (including phenoxy) is 1. The number of hydrogen-bond donors (Lipinski definition) is 1. The molecule has 9 nitrogen and oxygen atoms in total. The first kappa shape index (κ1) is 21.9. The maximum atomic E-state index is 12.3. The van der Waals surface area contributed by atoms with Gasteiger partial charge >= 0.3 is 0 Å². The Hall–Kier alpha value is -4.27. The molecule has 0 aliphatic heterocycles. The molecule has 1 amide bonds.